The van der Waals surface area contributed by atoms with Gasteiger partial charge in [0.25, 0.3) is 5.91 Å². The van der Waals surface area contributed by atoms with Crippen LogP contribution in [0.25, 0.3) is 0 Å². The summed E-state index contributed by atoms with van der Waals surface area (Å²) >= 11 is 0. The van der Waals surface area contributed by atoms with Gasteiger partial charge >= 0.3 is 0 Å². The van der Waals surface area contributed by atoms with E-state index < -0.39 is 0 Å². The van der Waals surface area contributed by atoms with Crippen molar-refractivity contribution in [2.45, 2.75) is 50.5 Å². The van der Waals surface area contributed by atoms with Crippen LogP contribution in [-0.4, -0.2) is 47.9 Å². The highest BCUT2D eigenvalue weighted by atomic mass is 16.2. The van der Waals surface area contributed by atoms with Gasteiger partial charge in [-0.05, 0) is 68.3 Å². The lowest BCUT2D eigenvalue weighted by atomic mass is 9.66. The molecule has 3 heteroatoms. The van der Waals surface area contributed by atoms with Gasteiger partial charge in [-0.3, -0.25) is 4.79 Å². The second kappa shape index (κ2) is 4.83. The lowest BCUT2D eigenvalue weighted by Gasteiger charge is -2.53. The molecule has 1 aromatic rings. The number of amides is 1. The number of fused-ring (bicyclic) bond motifs is 3. The maximum atomic E-state index is 13.3. The molecule has 2 bridgehead atoms. The summed E-state index contributed by atoms with van der Waals surface area (Å²) in [7, 11) is 0. The van der Waals surface area contributed by atoms with Crippen molar-refractivity contribution in [3.63, 3.8) is 0 Å². The summed E-state index contributed by atoms with van der Waals surface area (Å²) in [6.45, 7) is 6.91. The fourth-order valence-electron chi connectivity index (χ4n) is 5.81. The van der Waals surface area contributed by atoms with E-state index in [1.807, 2.05) is 0 Å². The molecule has 0 N–H and O–H groups in total. The highest BCUT2D eigenvalue weighted by molar-refractivity contribution is 5.98. The number of carbonyl (C=O) groups is 1. The summed E-state index contributed by atoms with van der Waals surface area (Å²) in [5.74, 6) is 1.03. The fraction of sp³-hybridized carbons (Fsp3) is 0.650. The molecule has 0 spiro atoms. The average molecular weight is 310 g/mol. The quantitative estimate of drug-likeness (QED) is 0.796. The summed E-state index contributed by atoms with van der Waals surface area (Å²) in [4.78, 5) is 18.1. The zero-order valence-corrected chi connectivity index (χ0v) is 14.1. The van der Waals surface area contributed by atoms with Crippen LogP contribution in [0.4, 0.5) is 0 Å². The molecule has 3 nitrogen and oxygen atoms in total. The van der Waals surface area contributed by atoms with E-state index in [2.05, 4.69) is 34.9 Å². The van der Waals surface area contributed by atoms with E-state index in [1.54, 1.807) is 0 Å². The molecular formula is C20H26N2O. The number of benzene rings is 1. The third-order valence-electron chi connectivity index (χ3n) is 6.96. The predicted molar refractivity (Wildman–Crippen MR) is 90.7 cm³/mol. The summed E-state index contributed by atoms with van der Waals surface area (Å²) in [6, 6.07) is 6.87. The molecule has 23 heavy (non-hydrogen) atoms. The van der Waals surface area contributed by atoms with Crippen LogP contribution in [0.3, 0.4) is 0 Å². The van der Waals surface area contributed by atoms with E-state index in [0.29, 0.717) is 11.9 Å². The molecular weight excluding hydrogens is 284 g/mol. The van der Waals surface area contributed by atoms with Gasteiger partial charge in [-0.2, -0.15) is 0 Å². The Bertz CT molecular complexity index is 662. The second-order valence-electron chi connectivity index (χ2n) is 8.39. The molecule has 5 aliphatic rings. The van der Waals surface area contributed by atoms with E-state index in [1.165, 1.54) is 49.9 Å². The lowest BCUT2D eigenvalue weighted by molar-refractivity contribution is -0.00359. The highest BCUT2D eigenvalue weighted by Crippen LogP contribution is 2.45. The maximum absolute atomic E-state index is 13.3. The minimum atomic E-state index is 0.171. The van der Waals surface area contributed by atoms with Crippen molar-refractivity contribution in [2.24, 2.45) is 5.92 Å². The molecule has 3 saturated heterocycles. The molecule has 1 amide bonds. The molecule has 122 valence electrons. The summed E-state index contributed by atoms with van der Waals surface area (Å²) < 4.78 is 0. The number of hydrogen-bond acceptors (Lipinski definition) is 2. The summed E-state index contributed by atoms with van der Waals surface area (Å²) in [6.07, 6.45) is 6.18. The van der Waals surface area contributed by atoms with Crippen molar-refractivity contribution in [2.75, 3.05) is 26.2 Å². The first-order valence-corrected chi connectivity index (χ1v) is 9.31. The van der Waals surface area contributed by atoms with Crippen LogP contribution in [0.5, 0.6) is 0 Å². The third kappa shape index (κ3) is 1.95. The molecule has 1 aromatic carbocycles. The molecule has 0 aromatic heterocycles. The minimum absolute atomic E-state index is 0.171. The van der Waals surface area contributed by atoms with Crippen molar-refractivity contribution in [3.8, 4) is 0 Å². The van der Waals surface area contributed by atoms with Gasteiger partial charge in [0.2, 0.25) is 0 Å². The van der Waals surface area contributed by atoms with E-state index in [0.717, 1.165) is 31.0 Å². The van der Waals surface area contributed by atoms with E-state index in [4.69, 9.17) is 0 Å². The Morgan fingerprint density at radius 1 is 1.22 bits per heavy atom. The van der Waals surface area contributed by atoms with Crippen LogP contribution in [0.2, 0.25) is 0 Å². The Morgan fingerprint density at radius 3 is 2.78 bits per heavy atom. The molecule has 1 aliphatic carbocycles. The van der Waals surface area contributed by atoms with Crippen LogP contribution < -0.4 is 0 Å². The lowest BCUT2D eigenvalue weighted by Crippen LogP contribution is -2.62. The van der Waals surface area contributed by atoms with Gasteiger partial charge in [-0.15, -0.1) is 0 Å². The summed E-state index contributed by atoms with van der Waals surface area (Å²) in [5, 5.41) is 0. The molecule has 0 saturated carbocycles. The van der Waals surface area contributed by atoms with Crippen molar-refractivity contribution >= 4 is 5.91 Å². The number of piperidine rings is 3. The van der Waals surface area contributed by atoms with Crippen molar-refractivity contribution in [1.29, 1.82) is 0 Å². The molecule has 0 unspecified atom stereocenters. The normalized spacial score (nSPS) is 38.6. The summed E-state index contributed by atoms with van der Waals surface area (Å²) in [5.41, 5.74) is 3.99. The van der Waals surface area contributed by atoms with Gasteiger partial charge in [-0.25, -0.2) is 0 Å². The van der Waals surface area contributed by atoms with Gasteiger partial charge in [0.05, 0.1) is 0 Å². The third-order valence-corrected chi connectivity index (χ3v) is 6.96. The molecule has 3 fully saturated rings. The highest BCUT2D eigenvalue weighted by Gasteiger charge is 2.47. The van der Waals surface area contributed by atoms with Crippen LogP contribution in [0, 0.1) is 5.92 Å². The molecule has 0 radical (unpaired) electrons. The van der Waals surface area contributed by atoms with Crippen molar-refractivity contribution in [1.82, 2.24) is 9.80 Å². The standard InChI is InChI=1S/C20H26N2O/c1-20-9-3-5-15-4-2-6-16(18(15)20)19(23)22(13-20)17-12-21-10-7-14(17)8-11-21/h2,4,6,14,17H,3,5,7-13H2,1H3/t17-,20-/m1/s1. The fourth-order valence-corrected chi connectivity index (χ4v) is 5.81. The first kappa shape index (κ1) is 14.0. The van der Waals surface area contributed by atoms with E-state index >= 15 is 0 Å². The second-order valence-corrected chi connectivity index (χ2v) is 8.39. The van der Waals surface area contributed by atoms with Crippen LogP contribution in [-0.2, 0) is 11.8 Å². The maximum Gasteiger partial charge on any atom is 0.254 e. The Balaban J connectivity index is 1.57. The monoisotopic (exact) mass is 310 g/mol. The topological polar surface area (TPSA) is 23.6 Å². The molecule has 6 rings (SSSR count). The van der Waals surface area contributed by atoms with Crippen LogP contribution >= 0.6 is 0 Å². The minimum Gasteiger partial charge on any atom is -0.333 e. The number of rotatable bonds is 1. The first-order valence-electron chi connectivity index (χ1n) is 9.31. The number of hydrogen-bond donors (Lipinski definition) is 0. The zero-order valence-electron chi connectivity index (χ0n) is 14.1. The van der Waals surface area contributed by atoms with Crippen molar-refractivity contribution < 1.29 is 4.79 Å². The smallest absolute Gasteiger partial charge is 0.254 e. The molecule has 2 atom stereocenters. The van der Waals surface area contributed by atoms with Gasteiger partial charge in [0.15, 0.2) is 0 Å². The first-order chi connectivity index (χ1) is 11.2. The number of aryl methyl sites for hydroxylation is 1. The van der Waals surface area contributed by atoms with Gasteiger partial charge in [-0.1, -0.05) is 19.1 Å². The Morgan fingerprint density at radius 2 is 2.04 bits per heavy atom. The van der Waals surface area contributed by atoms with Crippen LogP contribution in [0.15, 0.2) is 18.2 Å². The average Bonchev–Trinajstić information content (AvgIpc) is 2.59. The van der Waals surface area contributed by atoms with E-state index in [-0.39, 0.29) is 5.41 Å². The molecule has 4 aliphatic heterocycles. The van der Waals surface area contributed by atoms with E-state index in [9.17, 15) is 4.79 Å². The Hall–Kier alpha value is -1.35. The van der Waals surface area contributed by atoms with Crippen molar-refractivity contribution in [3.05, 3.63) is 34.9 Å². The largest absolute Gasteiger partial charge is 0.333 e. The number of carbonyl (C=O) groups excluding carboxylic acids is 1. The van der Waals surface area contributed by atoms with Gasteiger partial charge in [0.1, 0.15) is 0 Å². The Kier molecular flexibility index (Phi) is 2.94. The van der Waals surface area contributed by atoms with Gasteiger partial charge in [0, 0.05) is 30.1 Å². The molecule has 4 heterocycles. The van der Waals surface area contributed by atoms with Gasteiger partial charge < -0.3 is 9.80 Å². The Labute approximate surface area is 138 Å². The van der Waals surface area contributed by atoms with Crippen LogP contribution in [0.1, 0.15) is 54.1 Å². The zero-order chi connectivity index (χ0) is 15.6. The number of nitrogens with zero attached hydrogens (tertiary/aromatic N) is 2. The SMILES string of the molecule is C[C@]12CCCc3cccc(c31)C(=O)N([C@@H]1CN3CCC1CC3)C2. The predicted octanol–water partition coefficient (Wildman–Crippen LogP) is 2.83.